The Bertz CT molecular complexity index is 835. The number of nitrogens with zero attached hydrogens (tertiary/aromatic N) is 3. The summed E-state index contributed by atoms with van der Waals surface area (Å²) in [6.45, 7) is 2.82. The van der Waals surface area contributed by atoms with Crippen LogP contribution in [0.1, 0.15) is 38.5 Å². The quantitative estimate of drug-likeness (QED) is 0.561. The maximum Gasteiger partial charge on any atom is 0.270 e. The van der Waals surface area contributed by atoms with E-state index in [0.717, 1.165) is 25.9 Å². The van der Waals surface area contributed by atoms with E-state index in [9.17, 15) is 18.5 Å². The van der Waals surface area contributed by atoms with Gasteiger partial charge < -0.3 is 9.64 Å². The van der Waals surface area contributed by atoms with E-state index >= 15 is 0 Å². The minimum absolute atomic E-state index is 0.0472. The number of benzene rings is 1. The SMILES string of the molecule is O=[N+]([O-])c1ccc(N2CCC3(CCCC3)CC2)c(S(=O)(=O)N2CCOCC2)c1. The normalized spacial score (nSPS) is 23.2. The lowest BCUT2D eigenvalue weighted by atomic mass is 9.77. The molecule has 0 N–H and O–H groups in total. The molecule has 0 aromatic heterocycles. The molecular formula is C19H27N3O5S. The number of anilines is 1. The summed E-state index contributed by atoms with van der Waals surface area (Å²) in [5.41, 5.74) is 0.811. The van der Waals surface area contributed by atoms with E-state index in [1.807, 2.05) is 0 Å². The first-order chi connectivity index (χ1) is 13.4. The number of nitro groups is 1. The molecule has 0 atom stereocenters. The molecule has 8 nitrogen and oxygen atoms in total. The Kier molecular flexibility index (Phi) is 5.32. The van der Waals surface area contributed by atoms with E-state index in [0.29, 0.717) is 24.3 Å². The highest BCUT2D eigenvalue weighted by atomic mass is 32.2. The molecule has 28 heavy (non-hydrogen) atoms. The Morgan fingerprint density at radius 3 is 2.25 bits per heavy atom. The number of hydrogen-bond donors (Lipinski definition) is 0. The van der Waals surface area contributed by atoms with Crippen LogP contribution in [-0.4, -0.2) is 57.0 Å². The lowest BCUT2D eigenvalue weighted by Crippen LogP contribution is -2.42. The molecule has 1 aliphatic carbocycles. The molecule has 3 fully saturated rings. The van der Waals surface area contributed by atoms with Gasteiger partial charge in [0.25, 0.3) is 5.69 Å². The van der Waals surface area contributed by atoms with Crippen LogP contribution in [0.2, 0.25) is 0 Å². The topological polar surface area (TPSA) is 93.0 Å². The van der Waals surface area contributed by atoms with Crippen molar-refractivity contribution in [3.05, 3.63) is 28.3 Å². The molecule has 0 bridgehead atoms. The Hall–Kier alpha value is -1.71. The molecule has 0 unspecified atom stereocenters. The average Bonchev–Trinajstić information content (AvgIpc) is 3.17. The first-order valence-corrected chi connectivity index (χ1v) is 11.5. The molecule has 2 heterocycles. The van der Waals surface area contributed by atoms with Crippen molar-refractivity contribution in [2.24, 2.45) is 5.41 Å². The second kappa shape index (κ2) is 7.61. The van der Waals surface area contributed by atoms with Crippen LogP contribution in [0.5, 0.6) is 0 Å². The van der Waals surface area contributed by atoms with Crippen molar-refractivity contribution in [2.75, 3.05) is 44.3 Å². The third kappa shape index (κ3) is 3.62. The Labute approximate surface area is 165 Å². The first-order valence-electron chi connectivity index (χ1n) is 10.0. The molecule has 1 aromatic carbocycles. The van der Waals surface area contributed by atoms with Crippen molar-refractivity contribution in [3.63, 3.8) is 0 Å². The predicted octanol–water partition coefficient (Wildman–Crippen LogP) is 2.78. The van der Waals surface area contributed by atoms with Crippen LogP contribution in [0.25, 0.3) is 0 Å². The summed E-state index contributed by atoms with van der Waals surface area (Å²) in [6.07, 6.45) is 7.21. The zero-order chi connectivity index (χ0) is 19.8. The van der Waals surface area contributed by atoms with Crippen molar-refractivity contribution in [3.8, 4) is 0 Å². The van der Waals surface area contributed by atoms with E-state index in [1.165, 1.54) is 42.1 Å². The summed E-state index contributed by atoms with van der Waals surface area (Å²) in [7, 11) is -3.82. The van der Waals surface area contributed by atoms with E-state index in [2.05, 4.69) is 4.90 Å². The minimum atomic E-state index is -3.82. The lowest BCUT2D eigenvalue weighted by molar-refractivity contribution is -0.385. The van der Waals surface area contributed by atoms with Gasteiger partial charge in [-0.25, -0.2) is 8.42 Å². The van der Waals surface area contributed by atoms with Gasteiger partial charge in [0.15, 0.2) is 0 Å². The molecule has 0 radical (unpaired) electrons. The predicted molar refractivity (Wildman–Crippen MR) is 105 cm³/mol. The highest BCUT2D eigenvalue weighted by Gasteiger charge is 2.39. The average molecular weight is 410 g/mol. The number of hydrogen-bond acceptors (Lipinski definition) is 6. The van der Waals surface area contributed by atoms with Crippen molar-refractivity contribution in [1.82, 2.24) is 4.31 Å². The van der Waals surface area contributed by atoms with Gasteiger partial charge in [-0.2, -0.15) is 4.31 Å². The molecule has 3 aliphatic rings. The Balaban J connectivity index is 1.66. The van der Waals surface area contributed by atoms with Crippen LogP contribution in [-0.2, 0) is 14.8 Å². The number of non-ortho nitro benzene ring substituents is 1. The first kappa shape index (κ1) is 19.6. The summed E-state index contributed by atoms with van der Waals surface area (Å²) >= 11 is 0. The summed E-state index contributed by atoms with van der Waals surface area (Å²) in [5.74, 6) is 0. The van der Waals surface area contributed by atoms with Gasteiger partial charge in [0.05, 0.1) is 23.8 Å². The van der Waals surface area contributed by atoms with Crippen LogP contribution >= 0.6 is 0 Å². The highest BCUT2D eigenvalue weighted by Crippen LogP contribution is 2.47. The largest absolute Gasteiger partial charge is 0.379 e. The summed E-state index contributed by atoms with van der Waals surface area (Å²) < 4.78 is 33.2. The highest BCUT2D eigenvalue weighted by molar-refractivity contribution is 7.89. The second-order valence-electron chi connectivity index (χ2n) is 8.12. The van der Waals surface area contributed by atoms with Crippen LogP contribution in [0.3, 0.4) is 0 Å². The van der Waals surface area contributed by atoms with Gasteiger partial charge >= 0.3 is 0 Å². The van der Waals surface area contributed by atoms with E-state index < -0.39 is 14.9 Å². The van der Waals surface area contributed by atoms with Gasteiger partial charge in [0.2, 0.25) is 10.0 Å². The van der Waals surface area contributed by atoms with Crippen molar-refractivity contribution < 1.29 is 18.1 Å². The molecule has 2 saturated heterocycles. The Morgan fingerprint density at radius 1 is 1.00 bits per heavy atom. The fraction of sp³-hybridized carbons (Fsp3) is 0.684. The van der Waals surface area contributed by atoms with Crippen LogP contribution in [0.4, 0.5) is 11.4 Å². The number of piperidine rings is 1. The molecule has 9 heteroatoms. The number of ether oxygens (including phenoxy) is 1. The molecule has 154 valence electrons. The molecular weight excluding hydrogens is 382 g/mol. The fourth-order valence-electron chi connectivity index (χ4n) is 4.86. The van der Waals surface area contributed by atoms with E-state index in [4.69, 9.17) is 4.74 Å². The van der Waals surface area contributed by atoms with Gasteiger partial charge in [-0.15, -0.1) is 0 Å². The van der Waals surface area contributed by atoms with Gasteiger partial charge in [-0.3, -0.25) is 10.1 Å². The maximum absolute atomic E-state index is 13.3. The zero-order valence-electron chi connectivity index (χ0n) is 16.0. The molecule has 1 spiro atoms. The van der Waals surface area contributed by atoms with Gasteiger partial charge in [0.1, 0.15) is 4.90 Å². The smallest absolute Gasteiger partial charge is 0.270 e. The van der Waals surface area contributed by atoms with Gasteiger partial charge in [-0.1, -0.05) is 12.8 Å². The molecule has 0 amide bonds. The third-order valence-electron chi connectivity index (χ3n) is 6.57. The summed E-state index contributed by atoms with van der Waals surface area (Å²) in [4.78, 5) is 12.9. The standard InChI is InChI=1S/C19H27N3O5S/c23-22(24)16-3-4-17(20-9-7-19(8-10-20)5-1-2-6-19)18(15-16)28(25,26)21-11-13-27-14-12-21/h3-4,15H,1-2,5-14H2. The van der Waals surface area contributed by atoms with Crippen molar-refractivity contribution in [1.29, 1.82) is 0 Å². The number of sulfonamides is 1. The Morgan fingerprint density at radius 2 is 1.64 bits per heavy atom. The monoisotopic (exact) mass is 409 g/mol. The number of morpholine rings is 1. The van der Waals surface area contributed by atoms with Crippen LogP contribution in [0, 0.1) is 15.5 Å². The molecule has 1 aromatic rings. The third-order valence-corrected chi connectivity index (χ3v) is 8.50. The van der Waals surface area contributed by atoms with Gasteiger partial charge in [0, 0.05) is 38.3 Å². The number of nitro benzene ring substituents is 1. The summed E-state index contributed by atoms with van der Waals surface area (Å²) in [5, 5.41) is 11.3. The number of rotatable bonds is 4. The fourth-order valence-corrected chi connectivity index (χ4v) is 6.50. The van der Waals surface area contributed by atoms with E-state index in [1.54, 1.807) is 6.07 Å². The van der Waals surface area contributed by atoms with Crippen molar-refractivity contribution >= 4 is 21.4 Å². The second-order valence-corrected chi connectivity index (χ2v) is 10.0. The zero-order valence-corrected chi connectivity index (χ0v) is 16.8. The summed E-state index contributed by atoms with van der Waals surface area (Å²) in [6, 6.07) is 4.24. The maximum atomic E-state index is 13.3. The van der Waals surface area contributed by atoms with Crippen LogP contribution in [0.15, 0.2) is 23.1 Å². The minimum Gasteiger partial charge on any atom is -0.379 e. The molecule has 2 aliphatic heterocycles. The van der Waals surface area contributed by atoms with Crippen molar-refractivity contribution in [2.45, 2.75) is 43.4 Å². The van der Waals surface area contributed by atoms with E-state index in [-0.39, 0.29) is 23.7 Å². The van der Waals surface area contributed by atoms with Gasteiger partial charge in [-0.05, 0) is 37.2 Å². The molecule has 1 saturated carbocycles. The molecule has 4 rings (SSSR count). The van der Waals surface area contributed by atoms with Crippen LogP contribution < -0.4 is 4.90 Å². The lowest BCUT2D eigenvalue weighted by Gasteiger charge is -2.41.